The Morgan fingerprint density at radius 2 is 1.72 bits per heavy atom. The van der Waals surface area contributed by atoms with Crippen LogP contribution in [0.2, 0.25) is 0 Å². The van der Waals surface area contributed by atoms with E-state index in [9.17, 15) is 18.0 Å². The molecule has 2 amide bonds. The molecule has 2 N–H and O–H groups in total. The number of nitrogens with one attached hydrogen (secondary N) is 2. The Morgan fingerprint density at radius 1 is 1.00 bits per heavy atom. The van der Waals surface area contributed by atoms with Gasteiger partial charge >= 0.3 is 12.2 Å². The van der Waals surface area contributed by atoms with Crippen LogP contribution in [0.15, 0.2) is 54.6 Å². The summed E-state index contributed by atoms with van der Waals surface area (Å²) in [6.07, 6.45) is -4.54. The van der Waals surface area contributed by atoms with Crippen molar-refractivity contribution in [2.24, 2.45) is 0 Å². The summed E-state index contributed by atoms with van der Waals surface area (Å²) < 4.78 is 41.3. The maximum atomic E-state index is 13.1. The van der Waals surface area contributed by atoms with Crippen molar-refractivity contribution in [3.63, 3.8) is 0 Å². The molecular weight excluding hydrogens is 379 g/mol. The second-order valence-corrected chi connectivity index (χ2v) is 6.92. The largest absolute Gasteiger partial charge is 0.418 e. The number of nitrogens with zero attached hydrogens (tertiary/aromatic N) is 1. The van der Waals surface area contributed by atoms with Gasteiger partial charge in [0.15, 0.2) is 0 Å². The number of alkyl halides is 3. The molecule has 0 radical (unpaired) electrons. The maximum Gasteiger partial charge on any atom is 0.418 e. The van der Waals surface area contributed by atoms with Crippen molar-refractivity contribution in [3.8, 4) is 5.69 Å². The van der Waals surface area contributed by atoms with Gasteiger partial charge in [0, 0.05) is 23.6 Å². The number of benzene rings is 2. The first-order chi connectivity index (χ1) is 13.7. The lowest BCUT2D eigenvalue weighted by Crippen LogP contribution is -2.29. The zero-order valence-electron chi connectivity index (χ0n) is 16.4. The number of urea groups is 1. The van der Waals surface area contributed by atoms with Crippen molar-refractivity contribution in [2.75, 3.05) is 5.32 Å². The van der Waals surface area contributed by atoms with Crippen molar-refractivity contribution < 1.29 is 18.0 Å². The van der Waals surface area contributed by atoms with Gasteiger partial charge < -0.3 is 15.2 Å². The lowest BCUT2D eigenvalue weighted by molar-refractivity contribution is -0.136. The van der Waals surface area contributed by atoms with Crippen LogP contribution >= 0.6 is 0 Å². The number of halogens is 3. The van der Waals surface area contributed by atoms with Gasteiger partial charge in [-0.25, -0.2) is 4.79 Å². The molecule has 1 aromatic heterocycles. The predicted molar refractivity (Wildman–Crippen MR) is 107 cm³/mol. The summed E-state index contributed by atoms with van der Waals surface area (Å²) in [5.41, 5.74) is 3.86. The van der Waals surface area contributed by atoms with E-state index >= 15 is 0 Å². The molecule has 152 valence electrons. The smallest absolute Gasteiger partial charge is 0.334 e. The number of rotatable bonds is 4. The van der Waals surface area contributed by atoms with Crippen LogP contribution in [0.4, 0.5) is 23.7 Å². The van der Waals surface area contributed by atoms with Gasteiger partial charge in [-0.15, -0.1) is 0 Å². The fraction of sp³-hybridized carbons (Fsp3) is 0.227. The summed E-state index contributed by atoms with van der Waals surface area (Å²) >= 11 is 0. The highest BCUT2D eigenvalue weighted by atomic mass is 19.4. The fourth-order valence-corrected chi connectivity index (χ4v) is 3.35. The Hall–Kier alpha value is -3.22. The quantitative estimate of drug-likeness (QED) is 0.575. The molecule has 0 aliphatic carbocycles. The average molecular weight is 401 g/mol. The van der Waals surface area contributed by atoms with Crippen molar-refractivity contribution in [2.45, 2.75) is 33.5 Å². The van der Waals surface area contributed by atoms with Crippen LogP contribution in [-0.4, -0.2) is 10.6 Å². The molecule has 0 atom stereocenters. The molecule has 29 heavy (non-hydrogen) atoms. The third-order valence-corrected chi connectivity index (χ3v) is 4.72. The third-order valence-electron chi connectivity index (χ3n) is 4.72. The number of aromatic nitrogens is 1. The van der Waals surface area contributed by atoms with Crippen molar-refractivity contribution in [1.82, 2.24) is 9.88 Å². The maximum absolute atomic E-state index is 13.1. The van der Waals surface area contributed by atoms with Crippen LogP contribution < -0.4 is 10.6 Å². The first-order valence-electron chi connectivity index (χ1n) is 9.13. The molecule has 1 heterocycles. The molecule has 0 aliphatic heterocycles. The number of aryl methyl sites for hydroxylation is 2. The minimum atomic E-state index is -4.54. The van der Waals surface area contributed by atoms with E-state index in [0.717, 1.165) is 34.3 Å². The van der Waals surface area contributed by atoms with Gasteiger partial charge in [-0.1, -0.05) is 24.3 Å². The molecular formula is C22H22F3N3O. The molecule has 0 fully saturated rings. The van der Waals surface area contributed by atoms with E-state index in [0.29, 0.717) is 0 Å². The summed E-state index contributed by atoms with van der Waals surface area (Å²) in [7, 11) is 0. The third kappa shape index (κ3) is 4.62. The Bertz CT molecular complexity index is 1040. The first-order valence-corrected chi connectivity index (χ1v) is 9.13. The van der Waals surface area contributed by atoms with E-state index in [4.69, 9.17) is 0 Å². The Labute approximate surface area is 167 Å². The van der Waals surface area contributed by atoms with E-state index in [-0.39, 0.29) is 12.2 Å². The molecule has 0 unspecified atom stereocenters. The van der Waals surface area contributed by atoms with Gasteiger partial charge in [-0.05, 0) is 62.2 Å². The van der Waals surface area contributed by atoms with E-state index in [1.165, 1.54) is 18.2 Å². The summed E-state index contributed by atoms with van der Waals surface area (Å²) in [5, 5.41) is 4.93. The fourth-order valence-electron chi connectivity index (χ4n) is 3.35. The molecule has 0 spiro atoms. The van der Waals surface area contributed by atoms with Crippen LogP contribution in [0.1, 0.15) is 28.1 Å². The van der Waals surface area contributed by atoms with Crippen molar-refractivity contribution >= 4 is 11.7 Å². The van der Waals surface area contributed by atoms with Crippen LogP contribution in [-0.2, 0) is 12.7 Å². The molecule has 0 saturated heterocycles. The Morgan fingerprint density at radius 3 is 2.41 bits per heavy atom. The van der Waals surface area contributed by atoms with Crippen LogP contribution in [0.3, 0.4) is 0 Å². The second kappa shape index (κ2) is 8.03. The van der Waals surface area contributed by atoms with Crippen molar-refractivity contribution in [3.05, 3.63) is 82.7 Å². The molecule has 7 heteroatoms. The van der Waals surface area contributed by atoms with Crippen molar-refractivity contribution in [1.29, 1.82) is 0 Å². The molecule has 3 rings (SSSR count). The highest BCUT2D eigenvalue weighted by Crippen LogP contribution is 2.34. The molecule has 0 aliphatic rings. The van der Waals surface area contributed by atoms with Gasteiger partial charge in [-0.3, -0.25) is 0 Å². The van der Waals surface area contributed by atoms with Crippen LogP contribution in [0.5, 0.6) is 0 Å². The highest BCUT2D eigenvalue weighted by Gasteiger charge is 2.33. The van der Waals surface area contributed by atoms with Gasteiger partial charge in [0.05, 0.1) is 11.3 Å². The van der Waals surface area contributed by atoms with Gasteiger partial charge in [0.1, 0.15) is 0 Å². The lowest BCUT2D eigenvalue weighted by Gasteiger charge is -2.14. The second-order valence-electron chi connectivity index (χ2n) is 6.92. The highest BCUT2D eigenvalue weighted by molar-refractivity contribution is 5.90. The number of para-hydroxylation sites is 1. The van der Waals surface area contributed by atoms with Gasteiger partial charge in [0.2, 0.25) is 0 Å². The van der Waals surface area contributed by atoms with Crippen LogP contribution in [0.25, 0.3) is 5.69 Å². The number of hydrogen-bond acceptors (Lipinski definition) is 1. The zero-order valence-corrected chi connectivity index (χ0v) is 16.4. The molecule has 3 aromatic rings. The lowest BCUT2D eigenvalue weighted by atomic mass is 10.1. The summed E-state index contributed by atoms with van der Waals surface area (Å²) in [6.45, 7) is 6.14. The topological polar surface area (TPSA) is 46.1 Å². The zero-order chi connectivity index (χ0) is 21.2. The van der Waals surface area contributed by atoms with Crippen LogP contribution in [0, 0.1) is 20.8 Å². The number of amides is 2. The molecule has 0 saturated carbocycles. The van der Waals surface area contributed by atoms with E-state index in [1.807, 2.05) is 45.0 Å². The Balaban J connectivity index is 1.73. The number of hydrogen-bond donors (Lipinski definition) is 2. The summed E-state index contributed by atoms with van der Waals surface area (Å²) in [6, 6.07) is 14.2. The molecule has 0 bridgehead atoms. The normalized spacial score (nSPS) is 11.4. The summed E-state index contributed by atoms with van der Waals surface area (Å²) in [4.78, 5) is 12.2. The monoisotopic (exact) mass is 401 g/mol. The summed E-state index contributed by atoms with van der Waals surface area (Å²) in [5.74, 6) is 0. The van der Waals surface area contributed by atoms with E-state index in [1.54, 1.807) is 0 Å². The van der Waals surface area contributed by atoms with E-state index < -0.39 is 17.8 Å². The average Bonchev–Trinajstić information content (AvgIpc) is 2.93. The van der Waals surface area contributed by atoms with E-state index in [2.05, 4.69) is 21.3 Å². The first kappa shape index (κ1) is 20.5. The number of carbonyl (C=O) groups excluding carboxylic acids is 1. The van der Waals surface area contributed by atoms with Gasteiger partial charge in [0.25, 0.3) is 0 Å². The molecule has 2 aromatic carbocycles. The minimum Gasteiger partial charge on any atom is -0.334 e. The number of carbonyl (C=O) groups is 1. The van der Waals surface area contributed by atoms with Gasteiger partial charge in [-0.2, -0.15) is 13.2 Å². The molecule has 4 nitrogen and oxygen atoms in total. The standard InChI is InChI=1S/C22H22F3N3O/c1-14-7-6-8-18(11-14)28-15(2)12-17(16(28)3)13-26-21(29)27-20-10-5-4-9-19(20)22(23,24)25/h4-12H,13H2,1-3H3,(H2,26,27,29). The Kier molecular flexibility index (Phi) is 5.68. The number of anilines is 1. The predicted octanol–water partition coefficient (Wildman–Crippen LogP) is 5.74. The SMILES string of the molecule is Cc1cccc(-n2c(C)cc(CNC(=O)Nc3ccccc3C(F)(F)F)c2C)c1. The minimum absolute atomic E-state index is 0.200.